The molecule has 1 atom stereocenters. The number of hydrogen-bond acceptors (Lipinski definition) is 3. The van der Waals surface area contributed by atoms with Crippen molar-refractivity contribution < 1.29 is 4.42 Å². The predicted octanol–water partition coefficient (Wildman–Crippen LogP) is 5.14. The lowest BCUT2D eigenvalue weighted by Gasteiger charge is -2.20. The molecule has 1 aliphatic rings. The van der Waals surface area contributed by atoms with E-state index in [0.29, 0.717) is 0 Å². The van der Waals surface area contributed by atoms with Gasteiger partial charge in [-0.15, -0.1) is 0 Å². The molecule has 1 fully saturated rings. The normalized spacial score (nSPS) is 18.3. The largest absolute Gasteiger partial charge is 0.466 e. The van der Waals surface area contributed by atoms with Gasteiger partial charge in [-0.2, -0.15) is 0 Å². The van der Waals surface area contributed by atoms with E-state index >= 15 is 0 Å². The molecule has 4 rings (SSSR count). The van der Waals surface area contributed by atoms with Crippen LogP contribution in [0.5, 0.6) is 0 Å². The molecule has 0 spiro atoms. The topological polar surface area (TPSA) is 29.3 Å². The second kappa shape index (κ2) is 6.64. The smallest absolute Gasteiger partial charge is 0.110 e. The van der Waals surface area contributed by atoms with Gasteiger partial charge in [-0.25, -0.2) is 4.98 Å². The molecule has 130 valence electrons. The van der Waals surface area contributed by atoms with Gasteiger partial charge in [0.15, 0.2) is 0 Å². The molecule has 1 aliphatic heterocycles. The Kier molecular flexibility index (Phi) is 4.34. The minimum atomic E-state index is 0.742. The Labute approximate surface area is 149 Å². The second-order valence-electron chi connectivity index (χ2n) is 7.33. The van der Waals surface area contributed by atoms with Crippen LogP contribution in [0.25, 0.3) is 22.2 Å². The van der Waals surface area contributed by atoms with Crippen LogP contribution in [0.2, 0.25) is 0 Å². The Morgan fingerprint density at radius 2 is 2.04 bits per heavy atom. The summed E-state index contributed by atoms with van der Waals surface area (Å²) in [6.45, 7) is 8.73. The summed E-state index contributed by atoms with van der Waals surface area (Å²) in [7, 11) is 0. The summed E-state index contributed by atoms with van der Waals surface area (Å²) in [6, 6.07) is 13.8. The van der Waals surface area contributed by atoms with Crippen molar-refractivity contribution in [1.29, 1.82) is 0 Å². The molecule has 0 saturated carbocycles. The van der Waals surface area contributed by atoms with E-state index in [9.17, 15) is 0 Å². The fraction of sp³-hybridized carbons (Fsp3) is 0.409. The number of furan rings is 1. The average molecular weight is 334 g/mol. The summed E-state index contributed by atoms with van der Waals surface area (Å²) >= 11 is 0. The van der Waals surface area contributed by atoms with Crippen molar-refractivity contribution in [3.8, 4) is 11.3 Å². The molecule has 0 unspecified atom stereocenters. The fourth-order valence-electron chi connectivity index (χ4n) is 3.96. The molecule has 3 nitrogen and oxygen atoms in total. The minimum absolute atomic E-state index is 0.742. The fourth-order valence-corrected chi connectivity index (χ4v) is 3.96. The van der Waals surface area contributed by atoms with Crippen molar-refractivity contribution in [3.63, 3.8) is 0 Å². The maximum atomic E-state index is 5.64. The average Bonchev–Trinajstić information content (AvgIpc) is 3.17. The molecule has 3 heteroatoms. The first kappa shape index (κ1) is 16.3. The van der Waals surface area contributed by atoms with Crippen LogP contribution >= 0.6 is 0 Å². The van der Waals surface area contributed by atoms with Crippen molar-refractivity contribution in [2.45, 2.75) is 46.1 Å². The third-order valence-electron chi connectivity index (χ3n) is 5.45. The van der Waals surface area contributed by atoms with Gasteiger partial charge in [0.1, 0.15) is 11.5 Å². The van der Waals surface area contributed by atoms with Gasteiger partial charge in [0.25, 0.3) is 0 Å². The molecule has 0 aliphatic carbocycles. The van der Waals surface area contributed by atoms with Crippen molar-refractivity contribution in [2.75, 3.05) is 13.1 Å². The quantitative estimate of drug-likeness (QED) is 0.661. The number of hydrogen-bond donors (Lipinski definition) is 0. The molecule has 3 aromatic rings. The van der Waals surface area contributed by atoms with E-state index in [2.05, 4.69) is 48.2 Å². The van der Waals surface area contributed by atoms with Gasteiger partial charge >= 0.3 is 0 Å². The minimum Gasteiger partial charge on any atom is -0.466 e. The summed E-state index contributed by atoms with van der Waals surface area (Å²) in [6.07, 6.45) is 3.80. The Morgan fingerprint density at radius 3 is 2.76 bits per heavy atom. The van der Waals surface area contributed by atoms with Gasteiger partial charge in [-0.1, -0.05) is 12.1 Å². The van der Waals surface area contributed by atoms with Crippen LogP contribution in [0.15, 0.2) is 40.8 Å². The van der Waals surface area contributed by atoms with Gasteiger partial charge in [-0.3, -0.25) is 0 Å². The van der Waals surface area contributed by atoms with Gasteiger partial charge in [0, 0.05) is 23.5 Å². The first-order valence-corrected chi connectivity index (χ1v) is 9.31. The van der Waals surface area contributed by atoms with E-state index in [1.807, 2.05) is 13.8 Å². The highest BCUT2D eigenvalue weighted by Gasteiger charge is 2.19. The van der Waals surface area contributed by atoms with Crippen LogP contribution < -0.4 is 0 Å². The first-order chi connectivity index (χ1) is 12.1. The zero-order valence-electron chi connectivity index (χ0n) is 15.4. The van der Waals surface area contributed by atoms with Gasteiger partial charge in [0.2, 0.25) is 0 Å². The number of benzene rings is 1. The Morgan fingerprint density at radius 1 is 1.16 bits per heavy atom. The molecule has 1 saturated heterocycles. The Hall–Kier alpha value is -2.13. The maximum Gasteiger partial charge on any atom is 0.110 e. The number of likely N-dealkylation sites (tertiary alicyclic amines) is 1. The zero-order valence-corrected chi connectivity index (χ0v) is 15.4. The van der Waals surface area contributed by atoms with E-state index < -0.39 is 0 Å². The number of fused-ring (bicyclic) bond motifs is 1. The van der Waals surface area contributed by atoms with Crippen molar-refractivity contribution in [2.24, 2.45) is 0 Å². The molecule has 0 amide bonds. The molecule has 0 N–H and O–H groups in total. The molecular formula is C22H26N2O. The lowest BCUT2D eigenvalue weighted by Crippen LogP contribution is -2.28. The third kappa shape index (κ3) is 3.34. The lowest BCUT2D eigenvalue weighted by molar-refractivity contribution is 0.272. The molecule has 2 aromatic heterocycles. The first-order valence-electron chi connectivity index (χ1n) is 9.31. The van der Waals surface area contributed by atoms with E-state index in [1.165, 1.54) is 30.3 Å². The van der Waals surface area contributed by atoms with Crippen molar-refractivity contribution in [1.82, 2.24) is 9.88 Å². The van der Waals surface area contributed by atoms with Gasteiger partial charge in [0.05, 0.1) is 11.2 Å². The molecule has 3 heterocycles. The number of aromatic nitrogens is 1. The molecule has 25 heavy (non-hydrogen) atoms. The highest BCUT2D eigenvalue weighted by Crippen LogP contribution is 2.27. The number of aryl methyl sites for hydroxylation is 2. The van der Waals surface area contributed by atoms with Crippen LogP contribution in [0.4, 0.5) is 0 Å². The monoisotopic (exact) mass is 334 g/mol. The zero-order chi connectivity index (χ0) is 17.4. The molecule has 0 radical (unpaired) electrons. The summed E-state index contributed by atoms with van der Waals surface area (Å²) in [5.41, 5.74) is 4.53. The van der Waals surface area contributed by atoms with Gasteiger partial charge < -0.3 is 9.32 Å². The number of pyridine rings is 1. The number of nitrogens with zero attached hydrogens (tertiary/aromatic N) is 2. The molecule has 1 aromatic carbocycles. The predicted molar refractivity (Wildman–Crippen MR) is 103 cm³/mol. The highest BCUT2D eigenvalue weighted by molar-refractivity contribution is 5.82. The van der Waals surface area contributed by atoms with E-state index in [0.717, 1.165) is 47.3 Å². The number of rotatable bonds is 4. The SMILES string of the molecule is Cc1cc(-c2ccc3cc(CCN4CCC[C@H]4C)ccc3n2)c(C)o1. The lowest BCUT2D eigenvalue weighted by atomic mass is 10.1. The van der Waals surface area contributed by atoms with E-state index in [-0.39, 0.29) is 0 Å². The summed E-state index contributed by atoms with van der Waals surface area (Å²) in [5.74, 6) is 1.86. The second-order valence-corrected chi connectivity index (χ2v) is 7.33. The standard InChI is InChI=1S/C22H26N2O/c1-15-5-4-11-24(15)12-10-18-6-8-21-19(14-18)7-9-22(23-21)20-13-16(2)25-17(20)3/h6-9,13-15H,4-5,10-12H2,1-3H3/t15-/m1/s1. The van der Waals surface area contributed by atoms with Crippen LogP contribution in [0.1, 0.15) is 36.8 Å². The van der Waals surface area contributed by atoms with Crippen LogP contribution in [-0.4, -0.2) is 29.0 Å². The van der Waals surface area contributed by atoms with Crippen molar-refractivity contribution >= 4 is 10.9 Å². The van der Waals surface area contributed by atoms with Crippen LogP contribution in [0.3, 0.4) is 0 Å². The highest BCUT2D eigenvalue weighted by atomic mass is 16.3. The Balaban J connectivity index is 1.55. The third-order valence-corrected chi connectivity index (χ3v) is 5.45. The summed E-state index contributed by atoms with van der Waals surface area (Å²) in [5, 5.41) is 1.22. The van der Waals surface area contributed by atoms with Crippen LogP contribution in [-0.2, 0) is 6.42 Å². The van der Waals surface area contributed by atoms with Gasteiger partial charge in [-0.05, 0) is 76.4 Å². The molecular weight excluding hydrogens is 308 g/mol. The summed E-state index contributed by atoms with van der Waals surface area (Å²) in [4.78, 5) is 7.45. The molecule has 0 bridgehead atoms. The maximum absolute atomic E-state index is 5.64. The van der Waals surface area contributed by atoms with Crippen LogP contribution in [0, 0.1) is 13.8 Å². The van der Waals surface area contributed by atoms with E-state index in [1.54, 1.807) is 0 Å². The Bertz CT molecular complexity index is 896. The summed E-state index contributed by atoms with van der Waals surface area (Å²) < 4.78 is 5.64. The van der Waals surface area contributed by atoms with E-state index in [4.69, 9.17) is 9.40 Å². The van der Waals surface area contributed by atoms with Crippen molar-refractivity contribution in [3.05, 3.63) is 53.5 Å².